The summed E-state index contributed by atoms with van der Waals surface area (Å²) in [6, 6.07) is 2.85. The molecule has 0 aliphatic rings. The lowest BCUT2D eigenvalue weighted by atomic mass is 10.2. The van der Waals surface area contributed by atoms with Gasteiger partial charge >= 0.3 is 0 Å². The van der Waals surface area contributed by atoms with Gasteiger partial charge in [-0.05, 0) is 12.5 Å². The van der Waals surface area contributed by atoms with Crippen molar-refractivity contribution in [2.24, 2.45) is 7.05 Å². The van der Waals surface area contributed by atoms with Gasteiger partial charge < -0.3 is 4.57 Å². The predicted octanol–water partition coefficient (Wildman–Crippen LogP) is 1.44. The Hall–Kier alpha value is -2.02. The van der Waals surface area contributed by atoms with Crippen LogP contribution in [0.15, 0.2) is 23.1 Å². The maximum absolute atomic E-state index is 12.0. The van der Waals surface area contributed by atoms with Gasteiger partial charge in [-0.3, -0.25) is 14.9 Å². The van der Waals surface area contributed by atoms with Gasteiger partial charge in [0.15, 0.2) is 0 Å². The maximum atomic E-state index is 12.0. The molecule has 0 aromatic carbocycles. The topological polar surface area (TPSA) is 76.9 Å². The van der Waals surface area contributed by atoms with Gasteiger partial charge in [-0.2, -0.15) is 0 Å². The Morgan fingerprint density at radius 1 is 1.42 bits per heavy atom. The molecule has 0 spiro atoms. The smallest absolute Gasteiger partial charge is 0.258 e. The van der Waals surface area contributed by atoms with Gasteiger partial charge in [0.25, 0.3) is 5.91 Å². The van der Waals surface area contributed by atoms with Crippen LogP contribution in [-0.4, -0.2) is 20.7 Å². The number of carbonyl (C=O) groups excluding carboxylic acids is 1. The minimum absolute atomic E-state index is 0.155. The largest absolute Gasteiger partial charge is 0.318 e. The van der Waals surface area contributed by atoms with Crippen molar-refractivity contribution in [2.45, 2.75) is 19.8 Å². The first kappa shape index (κ1) is 13.4. The second-order valence-corrected chi connectivity index (χ2v) is 5.13. The molecule has 0 atom stereocenters. The Morgan fingerprint density at radius 2 is 2.21 bits per heavy atom. The zero-order valence-corrected chi connectivity index (χ0v) is 11.5. The van der Waals surface area contributed by atoms with Crippen LogP contribution in [0, 0.1) is 0 Å². The van der Waals surface area contributed by atoms with Crippen LogP contribution in [0.2, 0.25) is 0 Å². The molecule has 100 valence electrons. The summed E-state index contributed by atoms with van der Waals surface area (Å²) in [7, 11) is 1.60. The molecule has 1 amide bonds. The summed E-state index contributed by atoms with van der Waals surface area (Å²) in [5.41, 5.74) is 0.257. The summed E-state index contributed by atoms with van der Waals surface area (Å²) < 4.78 is 1.36. The zero-order valence-electron chi connectivity index (χ0n) is 10.7. The van der Waals surface area contributed by atoms with E-state index in [1.165, 1.54) is 34.2 Å². The fourth-order valence-electron chi connectivity index (χ4n) is 1.52. The molecule has 0 saturated heterocycles. The average molecular weight is 278 g/mol. The zero-order chi connectivity index (χ0) is 13.8. The first-order valence-corrected chi connectivity index (χ1v) is 6.72. The third kappa shape index (κ3) is 3.25. The van der Waals surface area contributed by atoms with Gasteiger partial charge in [-0.1, -0.05) is 18.3 Å². The number of nitrogens with zero attached hydrogens (tertiary/aromatic N) is 3. The summed E-state index contributed by atoms with van der Waals surface area (Å²) >= 11 is 1.37. The molecule has 0 aliphatic heterocycles. The molecule has 2 aromatic heterocycles. The van der Waals surface area contributed by atoms with Crippen LogP contribution >= 0.6 is 11.3 Å². The van der Waals surface area contributed by atoms with Crippen LogP contribution in [0.25, 0.3) is 0 Å². The molecule has 7 heteroatoms. The number of amides is 1. The number of rotatable bonds is 4. The van der Waals surface area contributed by atoms with Crippen molar-refractivity contribution in [3.05, 3.63) is 39.3 Å². The Kier molecular flexibility index (Phi) is 4.06. The van der Waals surface area contributed by atoms with Gasteiger partial charge in [0.05, 0.1) is 5.56 Å². The number of carbonyl (C=O) groups is 1. The van der Waals surface area contributed by atoms with Crippen molar-refractivity contribution in [3.8, 4) is 0 Å². The van der Waals surface area contributed by atoms with E-state index >= 15 is 0 Å². The molecule has 1 N–H and O–H groups in total. The van der Waals surface area contributed by atoms with Gasteiger partial charge in [0, 0.05) is 25.7 Å². The van der Waals surface area contributed by atoms with Crippen molar-refractivity contribution >= 4 is 22.4 Å². The average Bonchev–Trinajstić information content (AvgIpc) is 2.80. The standard InChI is InChI=1S/C12H14N4O2S/c1-3-4-9-14-15-12(19-9)13-11(18)8-5-6-10(17)16(2)7-8/h5-7H,3-4H2,1-2H3,(H,13,15,18). The quantitative estimate of drug-likeness (QED) is 0.918. The summed E-state index contributed by atoms with van der Waals surface area (Å²) in [4.78, 5) is 23.2. The fraction of sp³-hybridized carbons (Fsp3) is 0.333. The minimum atomic E-state index is -0.296. The van der Waals surface area contributed by atoms with Crippen LogP contribution in [-0.2, 0) is 13.5 Å². The lowest BCUT2D eigenvalue weighted by molar-refractivity contribution is 0.102. The van der Waals surface area contributed by atoms with E-state index in [9.17, 15) is 9.59 Å². The molecule has 0 fully saturated rings. The van der Waals surface area contributed by atoms with Gasteiger partial charge in [-0.15, -0.1) is 10.2 Å². The second-order valence-electron chi connectivity index (χ2n) is 4.07. The highest BCUT2D eigenvalue weighted by molar-refractivity contribution is 7.15. The Morgan fingerprint density at radius 3 is 2.89 bits per heavy atom. The maximum Gasteiger partial charge on any atom is 0.258 e. The summed E-state index contributed by atoms with van der Waals surface area (Å²) in [5, 5.41) is 11.9. The number of aryl methyl sites for hydroxylation is 2. The number of pyridine rings is 1. The first-order valence-electron chi connectivity index (χ1n) is 5.90. The van der Waals surface area contributed by atoms with E-state index in [-0.39, 0.29) is 11.5 Å². The van der Waals surface area contributed by atoms with E-state index < -0.39 is 0 Å². The number of hydrogen-bond acceptors (Lipinski definition) is 5. The van der Waals surface area contributed by atoms with Crippen molar-refractivity contribution < 1.29 is 4.79 Å². The van der Waals surface area contributed by atoms with E-state index in [1.54, 1.807) is 7.05 Å². The molecule has 0 saturated carbocycles. The molecule has 0 unspecified atom stereocenters. The predicted molar refractivity (Wildman–Crippen MR) is 73.5 cm³/mol. The summed E-state index contributed by atoms with van der Waals surface area (Å²) in [6.07, 6.45) is 3.34. The van der Waals surface area contributed by atoms with Crippen LogP contribution in [0.3, 0.4) is 0 Å². The fourth-order valence-corrected chi connectivity index (χ4v) is 2.35. The lowest BCUT2D eigenvalue weighted by Crippen LogP contribution is -2.19. The second kappa shape index (κ2) is 5.75. The van der Waals surface area contributed by atoms with Crippen molar-refractivity contribution in [2.75, 3.05) is 5.32 Å². The van der Waals surface area contributed by atoms with E-state index in [0.29, 0.717) is 10.7 Å². The van der Waals surface area contributed by atoms with Crippen LogP contribution < -0.4 is 10.9 Å². The molecule has 2 aromatic rings. The van der Waals surface area contributed by atoms with Crippen molar-refractivity contribution in [1.29, 1.82) is 0 Å². The van der Waals surface area contributed by atoms with Gasteiger partial charge in [0.1, 0.15) is 5.01 Å². The van der Waals surface area contributed by atoms with E-state index in [0.717, 1.165) is 17.8 Å². The molecule has 2 heterocycles. The monoisotopic (exact) mass is 278 g/mol. The molecule has 19 heavy (non-hydrogen) atoms. The van der Waals surface area contributed by atoms with Crippen LogP contribution in [0.1, 0.15) is 28.7 Å². The molecular weight excluding hydrogens is 264 g/mol. The number of hydrogen-bond donors (Lipinski definition) is 1. The third-order valence-corrected chi connectivity index (χ3v) is 3.40. The van der Waals surface area contributed by atoms with Crippen LogP contribution in [0.4, 0.5) is 5.13 Å². The summed E-state index contributed by atoms with van der Waals surface area (Å²) in [5.74, 6) is -0.296. The highest BCUT2D eigenvalue weighted by Gasteiger charge is 2.10. The van der Waals surface area contributed by atoms with Crippen molar-refractivity contribution in [3.63, 3.8) is 0 Å². The van der Waals surface area contributed by atoms with E-state index in [2.05, 4.69) is 22.4 Å². The Labute approximate surface area is 114 Å². The van der Waals surface area contributed by atoms with Crippen molar-refractivity contribution in [1.82, 2.24) is 14.8 Å². The Bertz CT molecular complexity index is 647. The third-order valence-electron chi connectivity index (χ3n) is 2.50. The first-order chi connectivity index (χ1) is 9.10. The SMILES string of the molecule is CCCc1nnc(NC(=O)c2ccc(=O)n(C)c2)s1. The van der Waals surface area contributed by atoms with Crippen LogP contribution in [0.5, 0.6) is 0 Å². The molecule has 6 nitrogen and oxygen atoms in total. The molecule has 2 rings (SSSR count). The highest BCUT2D eigenvalue weighted by Crippen LogP contribution is 2.17. The molecule has 0 radical (unpaired) electrons. The molecule has 0 bridgehead atoms. The van der Waals surface area contributed by atoms with E-state index in [1.807, 2.05) is 0 Å². The minimum Gasteiger partial charge on any atom is -0.318 e. The normalized spacial score (nSPS) is 10.4. The number of nitrogens with one attached hydrogen (secondary N) is 1. The molecular formula is C12H14N4O2S. The lowest BCUT2D eigenvalue weighted by Gasteiger charge is -2.02. The van der Waals surface area contributed by atoms with Gasteiger partial charge in [0.2, 0.25) is 10.7 Å². The number of anilines is 1. The number of aromatic nitrogens is 3. The van der Waals surface area contributed by atoms with Gasteiger partial charge in [-0.25, -0.2) is 0 Å². The Balaban J connectivity index is 2.11. The highest BCUT2D eigenvalue weighted by atomic mass is 32.1. The molecule has 0 aliphatic carbocycles. The van der Waals surface area contributed by atoms with E-state index in [4.69, 9.17) is 0 Å². The summed E-state index contributed by atoms with van der Waals surface area (Å²) in [6.45, 7) is 2.06.